The predicted octanol–water partition coefficient (Wildman–Crippen LogP) is 2.68. The maximum atomic E-state index is 13.9. The molecule has 39 heavy (non-hydrogen) atoms. The Balaban J connectivity index is 1.68. The van der Waals surface area contributed by atoms with Crippen LogP contribution >= 0.6 is 11.6 Å². The first-order chi connectivity index (χ1) is 18.8. The van der Waals surface area contributed by atoms with Gasteiger partial charge in [0.1, 0.15) is 0 Å². The Morgan fingerprint density at radius 2 is 1.18 bits per heavy atom. The van der Waals surface area contributed by atoms with Crippen LogP contribution < -0.4 is 22.2 Å². The third-order valence-electron chi connectivity index (χ3n) is 6.66. The van der Waals surface area contributed by atoms with E-state index in [4.69, 9.17) is 11.6 Å². The van der Waals surface area contributed by atoms with Gasteiger partial charge in [-0.05, 0) is 53.6 Å². The third-order valence-corrected chi connectivity index (χ3v) is 6.91. The zero-order valence-electron chi connectivity index (χ0n) is 20.1. The highest BCUT2D eigenvalue weighted by Gasteiger charge is 2.28. The van der Waals surface area contributed by atoms with Gasteiger partial charge >= 0.3 is 0 Å². The van der Waals surface area contributed by atoms with E-state index in [1.54, 1.807) is 36.7 Å². The molecule has 0 N–H and O–H groups in total. The smallest absolute Gasteiger partial charge is 0.262 e. The zero-order chi connectivity index (χ0) is 27.3. The molecule has 4 aromatic heterocycles. The minimum absolute atomic E-state index is 0.0888. The van der Waals surface area contributed by atoms with Gasteiger partial charge in [-0.2, -0.15) is 0 Å². The van der Waals surface area contributed by atoms with E-state index in [9.17, 15) is 24.0 Å². The molecule has 9 nitrogen and oxygen atoms in total. The molecule has 0 saturated heterocycles. The molecule has 0 saturated carbocycles. The van der Waals surface area contributed by atoms with E-state index < -0.39 is 28.0 Å². The minimum atomic E-state index is -0.732. The number of hydrogen-bond acceptors (Lipinski definition) is 7. The van der Waals surface area contributed by atoms with Crippen molar-refractivity contribution in [2.45, 2.75) is 13.1 Å². The summed E-state index contributed by atoms with van der Waals surface area (Å²) in [4.78, 5) is 76.2. The summed E-state index contributed by atoms with van der Waals surface area (Å²) in [6.07, 6.45) is 6.17. The van der Waals surface area contributed by atoms with Crippen molar-refractivity contribution >= 4 is 38.9 Å². The molecule has 190 valence electrons. The summed E-state index contributed by atoms with van der Waals surface area (Å²) >= 11 is 5.99. The van der Waals surface area contributed by atoms with Crippen LogP contribution in [0.1, 0.15) is 27.0 Å². The van der Waals surface area contributed by atoms with E-state index in [-0.39, 0.29) is 45.8 Å². The number of halogens is 1. The van der Waals surface area contributed by atoms with E-state index in [2.05, 4.69) is 9.97 Å². The van der Waals surface area contributed by atoms with Gasteiger partial charge in [-0.3, -0.25) is 43.1 Å². The standard InChI is InChI=1S/C29H17ClN4O5/c30-19-7-5-18(6-8-19)25(35)24-22-20(26(36)33(28(22)38)14-16-3-1-9-31-12-16)11-21-23(24)29(39)34(27(21)37)15-17-4-2-10-32-13-17/h1-13H,14-15H2. The summed E-state index contributed by atoms with van der Waals surface area (Å²) < 4.78 is 1.97. The molecule has 0 radical (unpaired) electrons. The van der Waals surface area contributed by atoms with Gasteiger partial charge in [0.2, 0.25) is 0 Å². The van der Waals surface area contributed by atoms with Crippen molar-refractivity contribution in [3.05, 3.63) is 148 Å². The van der Waals surface area contributed by atoms with Crippen LogP contribution in [0.25, 0.3) is 21.5 Å². The fourth-order valence-electron chi connectivity index (χ4n) is 4.82. The normalized spacial score (nSPS) is 11.4. The summed E-state index contributed by atoms with van der Waals surface area (Å²) in [7, 11) is 0. The fraction of sp³-hybridized carbons (Fsp3) is 0.0690. The second-order valence-electron chi connectivity index (χ2n) is 9.05. The predicted molar refractivity (Wildman–Crippen MR) is 146 cm³/mol. The average Bonchev–Trinajstić information content (AvgIpc) is 3.33. The van der Waals surface area contributed by atoms with Crippen LogP contribution in [-0.2, 0) is 13.1 Å². The van der Waals surface area contributed by atoms with Crippen molar-refractivity contribution in [1.29, 1.82) is 0 Å². The maximum Gasteiger partial charge on any atom is 0.262 e. The van der Waals surface area contributed by atoms with Crippen LogP contribution in [0.2, 0.25) is 5.02 Å². The highest BCUT2D eigenvalue weighted by atomic mass is 35.5. The van der Waals surface area contributed by atoms with Crippen LogP contribution in [0.4, 0.5) is 0 Å². The number of nitrogens with zero attached hydrogens (tertiary/aromatic N) is 4. The van der Waals surface area contributed by atoms with Crippen LogP contribution in [0.3, 0.4) is 0 Å². The second kappa shape index (κ2) is 9.38. The number of ketones is 1. The molecule has 0 aliphatic carbocycles. The van der Waals surface area contributed by atoms with Crippen LogP contribution in [0.15, 0.2) is 98.6 Å². The summed E-state index contributed by atoms with van der Waals surface area (Å²) in [5, 5.41) is -0.231. The third kappa shape index (κ3) is 4.00. The van der Waals surface area contributed by atoms with Gasteiger partial charge < -0.3 is 0 Å². The minimum Gasteiger partial charge on any atom is -0.289 e. The first-order valence-electron chi connectivity index (χ1n) is 11.9. The lowest BCUT2D eigenvalue weighted by atomic mass is 9.95. The molecule has 0 fully saturated rings. The molecule has 0 unspecified atom stereocenters. The Labute approximate surface area is 223 Å². The van der Waals surface area contributed by atoms with Gasteiger partial charge in [0.25, 0.3) is 22.2 Å². The van der Waals surface area contributed by atoms with Crippen LogP contribution in [0.5, 0.6) is 0 Å². The van der Waals surface area contributed by atoms with Crippen molar-refractivity contribution in [2.75, 3.05) is 0 Å². The molecule has 2 aromatic carbocycles. The van der Waals surface area contributed by atoms with Crippen LogP contribution in [-0.4, -0.2) is 24.9 Å². The number of carbonyl (C=O) groups is 1. The van der Waals surface area contributed by atoms with Crippen molar-refractivity contribution in [1.82, 2.24) is 19.1 Å². The number of fused-ring (bicyclic) bond motifs is 2. The van der Waals surface area contributed by atoms with Gasteiger partial charge in [-0.1, -0.05) is 23.7 Å². The monoisotopic (exact) mass is 536 g/mol. The van der Waals surface area contributed by atoms with E-state index in [0.29, 0.717) is 16.1 Å². The SMILES string of the molecule is O=C(c1ccc(Cl)cc1)c1c2c(=O)n(Cc3cccnc3)c(=O)c2cc2c(=O)n(Cc3cccnc3)c(=O)c12. The molecule has 6 aromatic rings. The lowest BCUT2D eigenvalue weighted by Gasteiger charge is -2.05. The molecule has 0 bridgehead atoms. The summed E-state index contributed by atoms with van der Waals surface area (Å²) in [5.74, 6) is -0.673. The van der Waals surface area contributed by atoms with Crippen LogP contribution in [0, 0.1) is 0 Å². The van der Waals surface area contributed by atoms with Gasteiger partial charge in [-0.15, -0.1) is 0 Å². The van der Waals surface area contributed by atoms with Crippen molar-refractivity contribution in [3.63, 3.8) is 0 Å². The van der Waals surface area contributed by atoms with E-state index in [1.807, 2.05) is 0 Å². The molecule has 10 heteroatoms. The number of hydrogen-bond donors (Lipinski definition) is 0. The molecule has 0 amide bonds. The Morgan fingerprint density at radius 1 is 0.692 bits per heavy atom. The van der Waals surface area contributed by atoms with E-state index in [0.717, 1.165) is 9.13 Å². The Hall–Kier alpha value is -5.02. The molecule has 0 spiro atoms. The molecule has 0 aliphatic rings. The highest BCUT2D eigenvalue weighted by molar-refractivity contribution is 6.31. The number of aromatic nitrogens is 4. The molecular formula is C29H17ClN4O5. The summed E-state index contributed by atoms with van der Waals surface area (Å²) in [5.41, 5.74) is -1.74. The molecule has 6 rings (SSSR count). The first kappa shape index (κ1) is 24.3. The Morgan fingerprint density at radius 3 is 1.62 bits per heavy atom. The first-order valence-corrected chi connectivity index (χ1v) is 12.2. The number of pyridine rings is 2. The number of rotatable bonds is 6. The highest BCUT2D eigenvalue weighted by Crippen LogP contribution is 2.25. The maximum absolute atomic E-state index is 13.9. The van der Waals surface area contributed by atoms with Gasteiger partial charge in [0, 0.05) is 40.9 Å². The topological polar surface area (TPSA) is 121 Å². The Kier molecular flexibility index (Phi) is 5.85. The number of benzene rings is 2. The number of carbonyl (C=O) groups excluding carboxylic acids is 1. The lowest BCUT2D eigenvalue weighted by Crippen LogP contribution is -2.27. The molecule has 0 aliphatic heterocycles. The Bertz CT molecular complexity index is 1990. The van der Waals surface area contributed by atoms with Gasteiger partial charge in [0.15, 0.2) is 5.78 Å². The molecular weight excluding hydrogens is 520 g/mol. The van der Waals surface area contributed by atoms with Crippen molar-refractivity contribution < 1.29 is 4.79 Å². The zero-order valence-corrected chi connectivity index (χ0v) is 20.9. The largest absolute Gasteiger partial charge is 0.289 e. The quantitative estimate of drug-likeness (QED) is 0.300. The van der Waals surface area contributed by atoms with Crippen molar-refractivity contribution in [2.24, 2.45) is 0 Å². The fourth-order valence-corrected chi connectivity index (χ4v) is 4.94. The van der Waals surface area contributed by atoms with Gasteiger partial charge in [-0.25, -0.2) is 0 Å². The van der Waals surface area contributed by atoms with Gasteiger partial charge in [0.05, 0.1) is 34.6 Å². The average molecular weight is 537 g/mol. The summed E-state index contributed by atoms with van der Waals surface area (Å²) in [6, 6.07) is 13.9. The van der Waals surface area contributed by atoms with E-state index >= 15 is 0 Å². The van der Waals surface area contributed by atoms with Crippen molar-refractivity contribution in [3.8, 4) is 0 Å². The lowest BCUT2D eigenvalue weighted by molar-refractivity contribution is 0.104. The molecule has 4 heterocycles. The van der Waals surface area contributed by atoms with E-state index in [1.165, 1.54) is 42.7 Å². The second-order valence-corrected chi connectivity index (χ2v) is 9.48. The molecule has 0 atom stereocenters. The summed E-state index contributed by atoms with van der Waals surface area (Å²) in [6.45, 7) is -0.178.